The Kier molecular flexibility index (Phi) is 5.35. The summed E-state index contributed by atoms with van der Waals surface area (Å²) in [6, 6.07) is 9.92. The number of anilines is 1. The Morgan fingerprint density at radius 1 is 1.30 bits per heavy atom. The fourth-order valence-electron chi connectivity index (χ4n) is 2.72. The van der Waals surface area contributed by atoms with Gasteiger partial charge in [-0.25, -0.2) is 10.2 Å². The van der Waals surface area contributed by atoms with E-state index in [4.69, 9.17) is 0 Å². The van der Waals surface area contributed by atoms with Crippen molar-refractivity contribution >= 4 is 28.9 Å². The highest BCUT2D eigenvalue weighted by molar-refractivity contribution is 5.96. The number of allylic oxidation sites excluding steroid dienone is 1. The van der Waals surface area contributed by atoms with E-state index in [1.54, 1.807) is 11.6 Å². The summed E-state index contributed by atoms with van der Waals surface area (Å²) in [6.45, 7) is 4.44. The number of aromatic amines is 1. The zero-order chi connectivity index (χ0) is 19.4. The number of hydrogen-bond acceptors (Lipinski definition) is 5. The summed E-state index contributed by atoms with van der Waals surface area (Å²) in [6.07, 6.45) is 4.65. The molecule has 0 aliphatic carbocycles. The largest absolute Gasteiger partial charge is 0.329 e. The normalized spacial score (nSPS) is 12.2. The predicted molar refractivity (Wildman–Crippen MR) is 108 cm³/mol. The first kappa shape index (κ1) is 18.4. The Balaban J connectivity index is 1.94. The van der Waals surface area contributed by atoms with Crippen LogP contribution in [0, 0.1) is 0 Å². The molecule has 0 radical (unpaired) electrons. The Bertz CT molecular complexity index is 1120. The molecule has 0 saturated heterocycles. The van der Waals surface area contributed by atoms with Crippen molar-refractivity contribution in [1.82, 2.24) is 19.1 Å². The molecular formula is C19H22N6O2. The summed E-state index contributed by atoms with van der Waals surface area (Å²) in [4.78, 5) is 30.8. The third-order valence-electron chi connectivity index (χ3n) is 4.10. The van der Waals surface area contributed by atoms with Crippen LogP contribution in [0.3, 0.4) is 0 Å². The van der Waals surface area contributed by atoms with Gasteiger partial charge in [0.1, 0.15) is 0 Å². The molecular weight excluding hydrogens is 344 g/mol. The second kappa shape index (κ2) is 7.86. The number of aromatic nitrogens is 4. The van der Waals surface area contributed by atoms with E-state index in [1.165, 1.54) is 4.57 Å². The summed E-state index contributed by atoms with van der Waals surface area (Å²) >= 11 is 0. The van der Waals surface area contributed by atoms with Gasteiger partial charge in [-0.05, 0) is 25.0 Å². The number of imidazole rings is 1. The summed E-state index contributed by atoms with van der Waals surface area (Å²) in [5.74, 6) is 0.422. The molecule has 140 valence electrons. The molecule has 0 amide bonds. The second-order valence-corrected chi connectivity index (χ2v) is 6.19. The number of fused-ring (bicyclic) bond motifs is 1. The molecule has 3 rings (SSSR count). The van der Waals surface area contributed by atoms with Crippen LogP contribution in [-0.4, -0.2) is 24.8 Å². The molecule has 1 aromatic carbocycles. The molecule has 0 bridgehead atoms. The van der Waals surface area contributed by atoms with Gasteiger partial charge in [-0.1, -0.05) is 43.3 Å². The maximum atomic E-state index is 12.3. The highest BCUT2D eigenvalue weighted by Crippen LogP contribution is 2.16. The molecule has 0 atom stereocenters. The summed E-state index contributed by atoms with van der Waals surface area (Å²) in [5.41, 5.74) is 4.48. The zero-order valence-electron chi connectivity index (χ0n) is 15.6. The maximum Gasteiger partial charge on any atom is 0.329 e. The minimum Gasteiger partial charge on any atom is -0.303 e. The predicted octanol–water partition coefficient (Wildman–Crippen LogP) is 2.33. The van der Waals surface area contributed by atoms with Crippen molar-refractivity contribution < 1.29 is 0 Å². The van der Waals surface area contributed by atoms with Crippen LogP contribution in [0.5, 0.6) is 0 Å². The van der Waals surface area contributed by atoms with E-state index in [2.05, 4.69) is 20.5 Å². The van der Waals surface area contributed by atoms with Gasteiger partial charge in [-0.2, -0.15) is 10.1 Å². The van der Waals surface area contributed by atoms with E-state index in [0.29, 0.717) is 23.7 Å². The van der Waals surface area contributed by atoms with Crippen molar-refractivity contribution in [2.45, 2.75) is 26.8 Å². The standard InChI is InChI=1S/C19H22N6O2/c1-4-12-25-15-16(24(3)19(27)21-17(15)26)20-18(25)23-22-13(2)10-11-14-8-6-5-7-9-14/h5-11H,4,12H2,1-3H3,(H,20,23)(H,21,26,27). The van der Waals surface area contributed by atoms with Gasteiger partial charge in [0.2, 0.25) is 5.95 Å². The summed E-state index contributed by atoms with van der Waals surface area (Å²) < 4.78 is 3.06. The summed E-state index contributed by atoms with van der Waals surface area (Å²) in [5, 5.41) is 4.33. The van der Waals surface area contributed by atoms with E-state index in [9.17, 15) is 9.59 Å². The van der Waals surface area contributed by atoms with Crippen molar-refractivity contribution in [2.75, 3.05) is 5.43 Å². The maximum absolute atomic E-state index is 12.3. The summed E-state index contributed by atoms with van der Waals surface area (Å²) in [7, 11) is 1.57. The molecule has 8 nitrogen and oxygen atoms in total. The third kappa shape index (κ3) is 3.89. The van der Waals surface area contributed by atoms with Crippen LogP contribution in [0.25, 0.3) is 17.2 Å². The molecule has 2 heterocycles. The number of nitrogens with zero attached hydrogens (tertiary/aromatic N) is 4. The van der Waals surface area contributed by atoms with Crippen LogP contribution in [-0.2, 0) is 13.6 Å². The smallest absolute Gasteiger partial charge is 0.303 e. The molecule has 0 saturated carbocycles. The average Bonchev–Trinajstić information content (AvgIpc) is 3.03. The van der Waals surface area contributed by atoms with Gasteiger partial charge in [0.15, 0.2) is 11.2 Å². The molecule has 0 aliphatic rings. The number of benzene rings is 1. The number of hydrogen-bond donors (Lipinski definition) is 2. The van der Waals surface area contributed by atoms with Crippen LogP contribution in [0.2, 0.25) is 0 Å². The van der Waals surface area contributed by atoms with Crippen molar-refractivity contribution in [3.8, 4) is 0 Å². The second-order valence-electron chi connectivity index (χ2n) is 6.19. The number of aryl methyl sites for hydroxylation is 2. The lowest BCUT2D eigenvalue weighted by atomic mass is 10.2. The van der Waals surface area contributed by atoms with Crippen molar-refractivity contribution in [2.24, 2.45) is 12.1 Å². The molecule has 0 fully saturated rings. The molecule has 8 heteroatoms. The van der Waals surface area contributed by atoms with Gasteiger partial charge in [0.05, 0.1) is 5.71 Å². The van der Waals surface area contributed by atoms with E-state index in [-0.39, 0.29) is 0 Å². The molecule has 2 aromatic heterocycles. The van der Waals surface area contributed by atoms with Gasteiger partial charge in [-0.15, -0.1) is 0 Å². The lowest BCUT2D eigenvalue weighted by molar-refractivity contribution is 0.698. The molecule has 0 aliphatic heterocycles. The van der Waals surface area contributed by atoms with Crippen LogP contribution in [0.4, 0.5) is 5.95 Å². The lowest BCUT2D eigenvalue weighted by Gasteiger charge is -2.06. The minimum absolute atomic E-state index is 0.326. The fourth-order valence-corrected chi connectivity index (χ4v) is 2.72. The van der Waals surface area contributed by atoms with E-state index in [1.807, 2.05) is 56.3 Å². The fraction of sp³-hybridized carbons (Fsp3) is 0.263. The van der Waals surface area contributed by atoms with E-state index < -0.39 is 11.2 Å². The minimum atomic E-state index is -0.495. The van der Waals surface area contributed by atoms with E-state index in [0.717, 1.165) is 17.7 Å². The number of rotatable bonds is 6. The van der Waals surface area contributed by atoms with Crippen molar-refractivity contribution in [1.29, 1.82) is 0 Å². The average molecular weight is 366 g/mol. The van der Waals surface area contributed by atoms with Crippen LogP contribution >= 0.6 is 0 Å². The van der Waals surface area contributed by atoms with Gasteiger partial charge >= 0.3 is 5.69 Å². The highest BCUT2D eigenvalue weighted by Gasteiger charge is 2.16. The Morgan fingerprint density at radius 2 is 2.04 bits per heavy atom. The first-order valence-electron chi connectivity index (χ1n) is 8.74. The van der Waals surface area contributed by atoms with Crippen molar-refractivity contribution in [3.05, 3.63) is 62.8 Å². The first-order valence-corrected chi connectivity index (χ1v) is 8.74. The van der Waals surface area contributed by atoms with Crippen LogP contribution < -0.4 is 16.7 Å². The van der Waals surface area contributed by atoms with Gasteiger partial charge in [-0.3, -0.25) is 14.3 Å². The van der Waals surface area contributed by atoms with Gasteiger partial charge in [0, 0.05) is 13.6 Å². The van der Waals surface area contributed by atoms with Crippen LogP contribution in [0.1, 0.15) is 25.8 Å². The van der Waals surface area contributed by atoms with E-state index >= 15 is 0 Å². The molecule has 27 heavy (non-hydrogen) atoms. The Morgan fingerprint density at radius 3 is 2.74 bits per heavy atom. The Hall–Kier alpha value is -3.42. The van der Waals surface area contributed by atoms with Gasteiger partial charge in [0.25, 0.3) is 5.56 Å². The highest BCUT2D eigenvalue weighted by atomic mass is 16.2. The number of hydrazone groups is 1. The Labute approximate surface area is 155 Å². The monoisotopic (exact) mass is 366 g/mol. The van der Waals surface area contributed by atoms with Crippen molar-refractivity contribution in [3.63, 3.8) is 0 Å². The topological polar surface area (TPSA) is 97.1 Å². The molecule has 2 N–H and O–H groups in total. The van der Waals surface area contributed by atoms with Crippen LogP contribution in [0.15, 0.2) is 51.1 Å². The lowest BCUT2D eigenvalue weighted by Crippen LogP contribution is -2.29. The number of H-pyrrole nitrogens is 1. The molecule has 0 spiro atoms. The SMILES string of the molecule is CCCn1c(NN=C(C)C=Cc2ccccc2)nc2c1c(=O)[nH]c(=O)n2C. The third-order valence-corrected chi connectivity index (χ3v) is 4.10. The zero-order valence-corrected chi connectivity index (χ0v) is 15.6. The molecule has 3 aromatic rings. The number of nitrogens with one attached hydrogen (secondary N) is 2. The quantitative estimate of drug-likeness (QED) is 0.517. The first-order chi connectivity index (χ1) is 13.0. The van der Waals surface area contributed by atoms with Gasteiger partial charge < -0.3 is 4.57 Å². The molecule has 0 unspecified atom stereocenters.